The van der Waals surface area contributed by atoms with E-state index in [0.717, 1.165) is 0 Å². The Labute approximate surface area is 233 Å². The second-order valence-corrected chi connectivity index (χ2v) is 9.78. The van der Waals surface area contributed by atoms with Crippen molar-refractivity contribution in [2.24, 2.45) is 23.7 Å². The molecule has 1 unspecified atom stereocenters. The molecule has 2 aromatic heterocycles. The Morgan fingerprint density at radius 1 is 1.18 bits per heavy atom. The van der Waals surface area contributed by atoms with Crippen LogP contribution in [-0.2, 0) is 11.8 Å². The third-order valence-corrected chi connectivity index (χ3v) is 6.59. The van der Waals surface area contributed by atoms with E-state index in [-0.39, 0.29) is 50.5 Å². The number of aliphatic imine (C=N–C) groups is 1. The molecule has 3 heterocycles. The van der Waals surface area contributed by atoms with Crippen LogP contribution in [0.5, 0.6) is 11.9 Å². The van der Waals surface area contributed by atoms with E-state index in [1.54, 1.807) is 6.07 Å². The lowest BCUT2D eigenvalue weighted by atomic mass is 9.90. The number of benzene rings is 1. The smallest absolute Gasteiger partial charge is 0.319 e. The summed E-state index contributed by atoms with van der Waals surface area (Å²) in [6.07, 6.45) is 2.82. The summed E-state index contributed by atoms with van der Waals surface area (Å²) in [7, 11) is 4.33. The van der Waals surface area contributed by atoms with Crippen molar-refractivity contribution in [3.63, 3.8) is 0 Å². The first-order valence-electron chi connectivity index (χ1n) is 11.7. The Morgan fingerprint density at radius 2 is 1.90 bits per heavy atom. The Balaban J connectivity index is 2.01. The normalized spacial score (nSPS) is 15.9. The number of nitrogens with zero attached hydrogens (tertiary/aromatic N) is 5. The highest BCUT2D eigenvalue weighted by Crippen LogP contribution is 2.42. The minimum absolute atomic E-state index is 0.0400. The summed E-state index contributed by atoms with van der Waals surface area (Å²) in [6, 6.07) is 4.51. The van der Waals surface area contributed by atoms with Gasteiger partial charge in [0, 0.05) is 18.8 Å². The molecule has 0 bridgehead atoms. The third-order valence-electron chi connectivity index (χ3n) is 6.07. The fourth-order valence-corrected chi connectivity index (χ4v) is 4.66. The molecule has 0 aliphatic carbocycles. The zero-order chi connectivity index (χ0) is 28.6. The molecule has 2 N–H and O–H groups in total. The highest BCUT2D eigenvalue weighted by molar-refractivity contribution is 6.31. The van der Waals surface area contributed by atoms with Gasteiger partial charge >= 0.3 is 6.01 Å². The lowest BCUT2D eigenvalue weighted by Gasteiger charge is -2.28. The number of pyridine rings is 1. The molecule has 1 aromatic carbocycles. The first-order valence-corrected chi connectivity index (χ1v) is 12.4. The number of halogens is 3. The van der Waals surface area contributed by atoms with E-state index in [0.29, 0.717) is 11.3 Å². The van der Waals surface area contributed by atoms with Crippen LogP contribution in [0.3, 0.4) is 0 Å². The first kappa shape index (κ1) is 28.1. The number of nitrogens with two attached hydrogens (primary N) is 1. The number of aryl methyl sites for hydroxylation is 1. The Morgan fingerprint density at radius 3 is 2.51 bits per heavy atom. The van der Waals surface area contributed by atoms with Gasteiger partial charge < -0.3 is 19.8 Å². The molecule has 0 saturated carbocycles. The minimum Gasteiger partial charge on any atom is -0.479 e. The van der Waals surface area contributed by atoms with Crippen LogP contribution < -0.4 is 25.7 Å². The number of hydrogen-bond acceptors (Lipinski definition) is 8. The largest absolute Gasteiger partial charge is 0.479 e. The fourth-order valence-electron chi connectivity index (χ4n) is 4.29. The number of anilines is 1. The number of methoxy groups -OCH3 is 2. The summed E-state index contributed by atoms with van der Waals surface area (Å²) in [5, 5.41) is 0.107. The minimum atomic E-state index is -1.04. The van der Waals surface area contributed by atoms with Gasteiger partial charge in [0.15, 0.2) is 0 Å². The van der Waals surface area contributed by atoms with Crippen molar-refractivity contribution in [2.45, 2.75) is 19.9 Å². The van der Waals surface area contributed by atoms with Gasteiger partial charge in [-0.3, -0.25) is 14.5 Å². The first-order chi connectivity index (χ1) is 18.5. The Bertz CT molecular complexity index is 1590. The summed E-state index contributed by atoms with van der Waals surface area (Å²) in [6.45, 7) is 3.70. The summed E-state index contributed by atoms with van der Waals surface area (Å²) < 4.78 is 26.4. The Hall–Kier alpha value is -3.96. The van der Waals surface area contributed by atoms with Gasteiger partial charge in [-0.25, -0.2) is 14.4 Å². The van der Waals surface area contributed by atoms with Crippen LogP contribution in [-0.4, -0.2) is 40.4 Å². The highest BCUT2D eigenvalue weighted by Gasteiger charge is 2.44. The topological polar surface area (TPSA) is 125 Å². The maximum Gasteiger partial charge on any atom is 0.319 e. The lowest BCUT2D eigenvalue weighted by molar-refractivity contribution is -0.114. The van der Waals surface area contributed by atoms with Crippen molar-refractivity contribution >= 4 is 46.2 Å². The van der Waals surface area contributed by atoms with E-state index in [4.69, 9.17) is 43.4 Å². The van der Waals surface area contributed by atoms with Crippen molar-refractivity contribution in [3.8, 4) is 11.9 Å². The average molecular weight is 575 g/mol. The summed E-state index contributed by atoms with van der Waals surface area (Å²) >= 11 is 12.2. The molecular weight excluding hydrogens is 550 g/mol. The molecule has 0 radical (unpaired) electrons. The van der Waals surface area contributed by atoms with Crippen LogP contribution in [0.1, 0.15) is 25.5 Å². The van der Waals surface area contributed by atoms with Crippen molar-refractivity contribution in [2.75, 3.05) is 19.1 Å². The molecule has 1 amide bonds. The van der Waals surface area contributed by atoms with Gasteiger partial charge in [-0.15, -0.1) is 0 Å². The number of rotatable bonds is 7. The van der Waals surface area contributed by atoms with Crippen LogP contribution >= 0.6 is 23.2 Å². The van der Waals surface area contributed by atoms with Gasteiger partial charge in [-0.05, 0) is 29.7 Å². The number of hydrogen-bond donors (Lipinski definition) is 1. The molecule has 10 nitrogen and oxygen atoms in total. The molecule has 1 aliphatic rings. The standard InChI is InChI=1S/C26H25Cl2FN6O4/c1-12(2)21(32-17-10-31-26(39-5)33-23(17)38-4)19-20(30)25(37)35(18-9-14(27)11-34(3)24(18)36)22(19)13-6-7-15(28)16(29)8-13/h6-12,22H,30H2,1-5H3. The van der Waals surface area contributed by atoms with Gasteiger partial charge in [0.2, 0.25) is 5.88 Å². The van der Waals surface area contributed by atoms with Crippen LogP contribution in [0.2, 0.25) is 10.0 Å². The molecule has 39 heavy (non-hydrogen) atoms. The molecule has 204 valence electrons. The second-order valence-electron chi connectivity index (χ2n) is 8.94. The van der Waals surface area contributed by atoms with E-state index in [1.165, 1.54) is 61.3 Å². The van der Waals surface area contributed by atoms with E-state index in [1.807, 2.05) is 13.8 Å². The van der Waals surface area contributed by atoms with Crippen LogP contribution in [0.4, 0.5) is 15.8 Å². The van der Waals surface area contributed by atoms with Gasteiger partial charge in [0.05, 0.1) is 42.2 Å². The van der Waals surface area contributed by atoms with Crippen molar-refractivity contribution in [3.05, 3.63) is 79.7 Å². The average Bonchev–Trinajstić information content (AvgIpc) is 3.16. The molecule has 1 atom stereocenters. The van der Waals surface area contributed by atoms with Crippen molar-refractivity contribution in [1.29, 1.82) is 0 Å². The zero-order valence-electron chi connectivity index (χ0n) is 21.7. The van der Waals surface area contributed by atoms with E-state index < -0.39 is 23.3 Å². The summed E-state index contributed by atoms with van der Waals surface area (Å²) in [5.74, 6) is -1.56. The van der Waals surface area contributed by atoms with Crippen molar-refractivity contribution < 1.29 is 18.7 Å². The molecule has 0 fully saturated rings. The molecule has 3 aromatic rings. The molecule has 13 heteroatoms. The quantitative estimate of drug-likeness (QED) is 0.415. The van der Waals surface area contributed by atoms with E-state index in [9.17, 15) is 14.0 Å². The van der Waals surface area contributed by atoms with Gasteiger partial charge in [-0.1, -0.05) is 43.1 Å². The van der Waals surface area contributed by atoms with Crippen molar-refractivity contribution in [1.82, 2.24) is 14.5 Å². The summed E-state index contributed by atoms with van der Waals surface area (Å²) in [4.78, 5) is 41.1. The molecular formula is C26H25Cl2FN6O4. The highest BCUT2D eigenvalue weighted by atomic mass is 35.5. The molecule has 0 saturated heterocycles. The van der Waals surface area contributed by atoms with E-state index >= 15 is 0 Å². The summed E-state index contributed by atoms with van der Waals surface area (Å²) in [5.41, 5.74) is 6.93. The predicted octanol–water partition coefficient (Wildman–Crippen LogP) is 4.37. The van der Waals surface area contributed by atoms with Crippen LogP contribution in [0, 0.1) is 11.7 Å². The second kappa shape index (κ2) is 11.0. The maximum atomic E-state index is 14.7. The van der Waals surface area contributed by atoms with E-state index in [2.05, 4.69) is 9.97 Å². The zero-order valence-corrected chi connectivity index (χ0v) is 23.2. The predicted molar refractivity (Wildman–Crippen MR) is 147 cm³/mol. The van der Waals surface area contributed by atoms with Gasteiger partial charge in [-0.2, -0.15) is 4.98 Å². The monoisotopic (exact) mass is 574 g/mol. The lowest BCUT2D eigenvalue weighted by Crippen LogP contribution is -2.37. The molecule has 4 rings (SSSR count). The maximum absolute atomic E-state index is 14.7. The Kier molecular flexibility index (Phi) is 7.94. The number of aromatic nitrogens is 3. The molecule has 1 aliphatic heterocycles. The fraction of sp³-hybridized carbons (Fsp3) is 0.269. The van der Waals surface area contributed by atoms with Gasteiger partial charge in [0.1, 0.15) is 22.9 Å². The van der Waals surface area contributed by atoms with Crippen LogP contribution in [0.15, 0.2) is 57.7 Å². The SMILES string of the molecule is COc1ncc(N=C(C2=C(N)C(=O)N(c3cc(Cl)cn(C)c3=O)C2c2ccc(Cl)c(F)c2)C(C)C)c(OC)n1. The van der Waals surface area contributed by atoms with Gasteiger partial charge in [0.25, 0.3) is 11.5 Å². The number of ether oxygens (including phenoxy) is 2. The number of carbonyl (C=O) groups is 1. The number of carbonyl (C=O) groups excluding carboxylic acids is 1. The molecule has 0 spiro atoms. The van der Waals surface area contributed by atoms with Crippen LogP contribution in [0.25, 0.3) is 0 Å². The third kappa shape index (κ3) is 5.19. The number of amides is 1.